The van der Waals surface area contributed by atoms with Crippen molar-refractivity contribution < 1.29 is 37.1 Å². The number of pyridine rings is 1. The molecule has 1 aliphatic rings. The Balaban J connectivity index is 1.35. The van der Waals surface area contributed by atoms with Gasteiger partial charge in [-0.05, 0) is 69.7 Å². The highest BCUT2D eigenvalue weighted by Gasteiger charge is 2.30. The third-order valence-electron chi connectivity index (χ3n) is 7.65. The summed E-state index contributed by atoms with van der Waals surface area (Å²) in [6, 6.07) is 10.4. The van der Waals surface area contributed by atoms with Crippen LogP contribution in [0.1, 0.15) is 49.9 Å². The number of aromatic nitrogens is 2. The number of nitrogens with zero attached hydrogens (tertiary/aromatic N) is 2. The third-order valence-corrected chi connectivity index (χ3v) is 8.98. The average Bonchev–Trinajstić information content (AvgIpc) is 3.35. The second kappa shape index (κ2) is 12.7. The number of carbonyl (C=O) groups is 1. The molecule has 1 amide bonds. The number of rotatable bonds is 11. The minimum Gasteiger partial charge on any atom is -0.475 e. The second-order valence-electron chi connectivity index (χ2n) is 11.0. The summed E-state index contributed by atoms with van der Waals surface area (Å²) in [5, 5.41) is 25.2. The molecule has 2 aromatic carbocycles. The van der Waals surface area contributed by atoms with E-state index in [-0.39, 0.29) is 52.2 Å². The van der Waals surface area contributed by atoms with Crippen LogP contribution in [0, 0.1) is 21.8 Å². The first-order valence-electron chi connectivity index (χ1n) is 14.3. The standard InChI is InChI=1S/C30H32FN5O8S/c1-3-43-29-26(15-21-22(31)17-33-27(21)34-29)44-25-7-5-4-6-20(25)28(37)35-45(41,42)19-8-9-23(24(14-19)36(39)40)32-16-18-10-12-30(2,38)13-11-18/h4-9,14-15,17-18,32,38H,3,10-13,16H2,1-2H3,(H,33,34)(H,35,37). The molecule has 13 nitrogen and oxygen atoms in total. The molecule has 5 rings (SSSR count). The fraction of sp³-hybridized carbons (Fsp3) is 0.333. The lowest BCUT2D eigenvalue weighted by Crippen LogP contribution is -2.32. The largest absolute Gasteiger partial charge is 0.475 e. The van der Waals surface area contributed by atoms with Crippen molar-refractivity contribution in [3.05, 3.63) is 76.2 Å². The maximum Gasteiger partial charge on any atom is 0.293 e. The van der Waals surface area contributed by atoms with Crippen molar-refractivity contribution in [1.29, 1.82) is 0 Å². The minimum absolute atomic E-state index is 0.0109. The molecule has 0 spiro atoms. The van der Waals surface area contributed by atoms with Gasteiger partial charge in [0.05, 0.1) is 33.0 Å². The summed E-state index contributed by atoms with van der Waals surface area (Å²) in [4.78, 5) is 30.8. The molecule has 0 aliphatic heterocycles. The zero-order valence-corrected chi connectivity index (χ0v) is 25.3. The molecule has 0 radical (unpaired) electrons. The quantitative estimate of drug-likeness (QED) is 0.124. The van der Waals surface area contributed by atoms with Gasteiger partial charge in [0.25, 0.3) is 27.5 Å². The van der Waals surface area contributed by atoms with Crippen LogP contribution in [0.15, 0.2) is 59.6 Å². The van der Waals surface area contributed by atoms with Crippen LogP contribution in [-0.4, -0.2) is 53.1 Å². The number of ether oxygens (including phenoxy) is 2. The summed E-state index contributed by atoms with van der Waals surface area (Å²) in [5.41, 5.74) is -1.01. The van der Waals surface area contributed by atoms with Gasteiger partial charge in [0.1, 0.15) is 22.9 Å². The van der Waals surface area contributed by atoms with Crippen LogP contribution >= 0.6 is 0 Å². The molecule has 1 fully saturated rings. The van der Waals surface area contributed by atoms with Gasteiger partial charge in [-0.3, -0.25) is 14.9 Å². The van der Waals surface area contributed by atoms with Gasteiger partial charge in [-0.2, -0.15) is 4.98 Å². The van der Waals surface area contributed by atoms with Crippen LogP contribution in [0.5, 0.6) is 17.4 Å². The van der Waals surface area contributed by atoms with Crippen molar-refractivity contribution in [1.82, 2.24) is 14.7 Å². The number of amides is 1. The van der Waals surface area contributed by atoms with Gasteiger partial charge in [-0.15, -0.1) is 0 Å². The lowest BCUT2D eigenvalue weighted by Gasteiger charge is -2.33. The lowest BCUT2D eigenvalue weighted by molar-refractivity contribution is -0.384. The number of fused-ring (bicyclic) bond motifs is 1. The van der Waals surface area contributed by atoms with Crippen LogP contribution < -0.4 is 19.5 Å². The Morgan fingerprint density at radius 1 is 1.20 bits per heavy atom. The zero-order valence-electron chi connectivity index (χ0n) is 24.5. The minimum atomic E-state index is -4.57. The number of aromatic amines is 1. The zero-order chi connectivity index (χ0) is 32.4. The monoisotopic (exact) mass is 641 g/mol. The molecule has 1 aliphatic carbocycles. The molecule has 1 saturated carbocycles. The fourth-order valence-corrected chi connectivity index (χ4v) is 6.11. The predicted molar refractivity (Wildman–Crippen MR) is 163 cm³/mol. The summed E-state index contributed by atoms with van der Waals surface area (Å²) in [7, 11) is -4.57. The molecule has 0 bridgehead atoms. The van der Waals surface area contributed by atoms with E-state index in [1.54, 1.807) is 19.9 Å². The highest BCUT2D eigenvalue weighted by molar-refractivity contribution is 7.90. The van der Waals surface area contributed by atoms with Crippen LogP contribution in [0.4, 0.5) is 15.8 Å². The summed E-state index contributed by atoms with van der Waals surface area (Å²) < 4.78 is 54.0. The first-order chi connectivity index (χ1) is 21.4. The molecule has 2 heterocycles. The fourth-order valence-electron chi connectivity index (χ4n) is 5.13. The van der Waals surface area contributed by atoms with Crippen LogP contribution in [-0.2, 0) is 10.0 Å². The smallest absolute Gasteiger partial charge is 0.293 e. The summed E-state index contributed by atoms with van der Waals surface area (Å²) in [6.07, 6.45) is 3.87. The average molecular weight is 642 g/mol. The van der Waals surface area contributed by atoms with E-state index in [9.17, 15) is 32.8 Å². The summed E-state index contributed by atoms with van der Waals surface area (Å²) >= 11 is 0. The highest BCUT2D eigenvalue weighted by atomic mass is 32.2. The number of nitro benzene ring substituents is 1. The number of halogens is 1. The van der Waals surface area contributed by atoms with Crippen molar-refractivity contribution in [3.63, 3.8) is 0 Å². The van der Waals surface area contributed by atoms with Gasteiger partial charge < -0.3 is 24.9 Å². The molecular weight excluding hydrogens is 609 g/mol. The van der Waals surface area contributed by atoms with E-state index in [1.165, 1.54) is 36.4 Å². The number of hydrogen-bond donors (Lipinski definition) is 4. The molecule has 0 unspecified atom stereocenters. The highest BCUT2D eigenvalue weighted by Crippen LogP contribution is 2.36. The number of anilines is 1. The number of sulfonamides is 1. The Hall–Kier alpha value is -4.76. The summed E-state index contributed by atoms with van der Waals surface area (Å²) in [6.45, 7) is 4.13. The van der Waals surface area contributed by atoms with Crippen LogP contribution in [0.2, 0.25) is 0 Å². The van der Waals surface area contributed by atoms with Crippen molar-refractivity contribution >= 4 is 38.3 Å². The first-order valence-corrected chi connectivity index (χ1v) is 15.7. The molecule has 15 heteroatoms. The molecule has 0 saturated heterocycles. The Morgan fingerprint density at radius 3 is 2.64 bits per heavy atom. The molecule has 4 aromatic rings. The van der Waals surface area contributed by atoms with Crippen molar-refractivity contribution in [3.8, 4) is 17.4 Å². The molecule has 2 aromatic heterocycles. The molecule has 0 atom stereocenters. The molecule has 238 valence electrons. The Kier molecular flexibility index (Phi) is 8.93. The van der Waals surface area contributed by atoms with Gasteiger partial charge >= 0.3 is 0 Å². The number of aliphatic hydroxyl groups is 1. The van der Waals surface area contributed by atoms with Gasteiger partial charge in [0.2, 0.25) is 0 Å². The molecule has 4 N–H and O–H groups in total. The molecule has 45 heavy (non-hydrogen) atoms. The second-order valence-corrected chi connectivity index (χ2v) is 12.7. The third kappa shape index (κ3) is 7.15. The van der Waals surface area contributed by atoms with E-state index in [0.717, 1.165) is 25.1 Å². The SMILES string of the molecule is CCOc1nc2[nH]cc(F)c2cc1Oc1ccccc1C(=O)NS(=O)(=O)c1ccc(NCC2CCC(C)(O)CC2)c([N+](=O)[O-])c1. The van der Waals surface area contributed by atoms with E-state index in [2.05, 4.69) is 15.3 Å². The van der Waals surface area contributed by atoms with Gasteiger partial charge in [0.15, 0.2) is 5.75 Å². The topological polar surface area (TPSA) is 186 Å². The predicted octanol–water partition coefficient (Wildman–Crippen LogP) is 5.27. The number of nitrogens with one attached hydrogen (secondary N) is 3. The number of nitro groups is 1. The van der Waals surface area contributed by atoms with E-state index in [0.29, 0.717) is 19.4 Å². The van der Waals surface area contributed by atoms with Gasteiger partial charge in [0, 0.05) is 24.9 Å². The molecular formula is C30H32FN5O8S. The summed E-state index contributed by atoms with van der Waals surface area (Å²) in [5.74, 6) is -1.52. The normalized spacial score (nSPS) is 18.4. The van der Waals surface area contributed by atoms with E-state index < -0.39 is 42.9 Å². The van der Waals surface area contributed by atoms with Crippen LogP contribution in [0.25, 0.3) is 11.0 Å². The Labute approximate surface area is 258 Å². The van der Waals surface area contributed by atoms with E-state index in [1.807, 2.05) is 4.72 Å². The maximum atomic E-state index is 14.2. The lowest BCUT2D eigenvalue weighted by atomic mass is 9.80. The first kappa shape index (κ1) is 31.7. The number of benzene rings is 2. The van der Waals surface area contributed by atoms with E-state index in [4.69, 9.17) is 9.47 Å². The maximum absolute atomic E-state index is 14.2. The van der Waals surface area contributed by atoms with Gasteiger partial charge in [-0.1, -0.05) is 12.1 Å². The van der Waals surface area contributed by atoms with Crippen LogP contribution in [0.3, 0.4) is 0 Å². The number of H-pyrrole nitrogens is 1. The number of hydrogen-bond acceptors (Lipinski definition) is 10. The Bertz CT molecular complexity index is 1850. The number of para-hydroxylation sites is 1. The van der Waals surface area contributed by atoms with Crippen molar-refractivity contribution in [2.24, 2.45) is 5.92 Å². The van der Waals surface area contributed by atoms with Crippen molar-refractivity contribution in [2.45, 2.75) is 50.0 Å². The van der Waals surface area contributed by atoms with E-state index >= 15 is 0 Å². The van der Waals surface area contributed by atoms with Crippen molar-refractivity contribution in [2.75, 3.05) is 18.5 Å². The Morgan fingerprint density at radius 2 is 1.93 bits per heavy atom. The van der Waals surface area contributed by atoms with Gasteiger partial charge in [-0.25, -0.2) is 17.5 Å². The number of carbonyl (C=O) groups excluding carboxylic acids is 1.